The molecular formula is C15H20ClN3O3S. The predicted molar refractivity (Wildman–Crippen MR) is 93.7 cm³/mol. The molecular weight excluding hydrogens is 338 g/mol. The zero-order chi connectivity index (χ0) is 16.3. The van der Waals surface area contributed by atoms with Gasteiger partial charge in [0.1, 0.15) is 0 Å². The fourth-order valence-electron chi connectivity index (χ4n) is 3.16. The second-order valence-electron chi connectivity index (χ2n) is 5.90. The van der Waals surface area contributed by atoms with E-state index in [0.717, 1.165) is 56.5 Å². The molecule has 0 spiro atoms. The number of benzene rings is 1. The van der Waals surface area contributed by atoms with Crippen molar-refractivity contribution < 1.29 is 9.66 Å². The lowest BCUT2D eigenvalue weighted by atomic mass is 9.95. The average molecular weight is 358 g/mol. The summed E-state index contributed by atoms with van der Waals surface area (Å²) in [5.74, 6) is 2.25. The number of rotatable bonds is 5. The van der Waals surface area contributed by atoms with Crippen molar-refractivity contribution >= 4 is 34.7 Å². The Morgan fingerprint density at radius 3 is 2.83 bits per heavy atom. The van der Waals surface area contributed by atoms with E-state index < -0.39 is 4.92 Å². The summed E-state index contributed by atoms with van der Waals surface area (Å²) in [5.41, 5.74) is 0.876. The van der Waals surface area contributed by atoms with Gasteiger partial charge < -0.3 is 10.1 Å². The molecule has 2 aliphatic heterocycles. The maximum Gasteiger partial charge on any atom is 0.271 e. The van der Waals surface area contributed by atoms with Gasteiger partial charge in [0.2, 0.25) is 0 Å². The summed E-state index contributed by atoms with van der Waals surface area (Å²) >= 11 is 8.16. The molecule has 1 N–H and O–H groups in total. The first-order valence-corrected chi connectivity index (χ1v) is 9.22. The van der Waals surface area contributed by atoms with Crippen molar-refractivity contribution in [1.29, 1.82) is 0 Å². The Hall–Kier alpha value is -1.02. The third kappa shape index (κ3) is 3.74. The van der Waals surface area contributed by atoms with Crippen molar-refractivity contribution in [2.24, 2.45) is 0 Å². The first-order chi connectivity index (χ1) is 11.1. The second kappa shape index (κ2) is 7.25. The third-order valence-electron chi connectivity index (χ3n) is 4.54. The number of nitro groups is 1. The highest BCUT2D eigenvalue weighted by Gasteiger charge is 2.40. The summed E-state index contributed by atoms with van der Waals surface area (Å²) in [6.45, 7) is 4.26. The van der Waals surface area contributed by atoms with Gasteiger partial charge in [0.15, 0.2) is 0 Å². The predicted octanol–water partition coefficient (Wildman–Crippen LogP) is 2.87. The minimum atomic E-state index is -0.432. The van der Waals surface area contributed by atoms with Crippen LogP contribution in [-0.2, 0) is 4.74 Å². The number of thioether (sulfide) groups is 1. The van der Waals surface area contributed by atoms with E-state index in [2.05, 4.69) is 10.2 Å². The van der Waals surface area contributed by atoms with Crippen LogP contribution >= 0.6 is 23.4 Å². The third-order valence-corrected chi connectivity index (χ3v) is 6.08. The molecule has 1 aromatic rings. The Kier molecular flexibility index (Phi) is 5.31. The van der Waals surface area contributed by atoms with E-state index in [-0.39, 0.29) is 11.2 Å². The monoisotopic (exact) mass is 357 g/mol. The van der Waals surface area contributed by atoms with Crippen LogP contribution in [0.25, 0.3) is 0 Å². The number of ether oxygens (including phenoxy) is 1. The molecule has 3 rings (SSSR count). The highest BCUT2D eigenvalue weighted by molar-refractivity contribution is 7.99. The quantitative estimate of drug-likeness (QED) is 0.645. The van der Waals surface area contributed by atoms with Gasteiger partial charge in [-0.15, -0.1) is 0 Å². The van der Waals surface area contributed by atoms with E-state index in [4.69, 9.17) is 16.3 Å². The topological polar surface area (TPSA) is 67.6 Å². The second-order valence-corrected chi connectivity index (χ2v) is 7.41. The number of morpholine rings is 1. The number of hydrogen-bond donors (Lipinski definition) is 1. The van der Waals surface area contributed by atoms with Crippen molar-refractivity contribution in [2.75, 3.05) is 49.7 Å². The van der Waals surface area contributed by atoms with Crippen LogP contribution in [-0.4, -0.2) is 59.7 Å². The minimum Gasteiger partial charge on any atom is -0.382 e. The van der Waals surface area contributed by atoms with E-state index in [1.54, 1.807) is 6.07 Å². The van der Waals surface area contributed by atoms with Gasteiger partial charge in [-0.25, -0.2) is 0 Å². The number of anilines is 1. The van der Waals surface area contributed by atoms with E-state index in [9.17, 15) is 10.1 Å². The molecule has 2 fully saturated rings. The normalized spacial score (nSPS) is 25.4. The molecule has 0 aromatic heterocycles. The van der Waals surface area contributed by atoms with Gasteiger partial charge in [0.25, 0.3) is 5.69 Å². The molecule has 126 valence electrons. The SMILES string of the molecule is O=[N+]([O-])c1ccc(NCC2(N3CCOCC3)CCSC2)c(Cl)c1. The van der Waals surface area contributed by atoms with Crippen molar-refractivity contribution in [2.45, 2.75) is 12.0 Å². The van der Waals surface area contributed by atoms with Gasteiger partial charge in [-0.3, -0.25) is 15.0 Å². The Morgan fingerprint density at radius 2 is 2.22 bits per heavy atom. The molecule has 1 atom stereocenters. The molecule has 2 heterocycles. The van der Waals surface area contributed by atoms with Crippen LogP contribution in [0, 0.1) is 10.1 Å². The van der Waals surface area contributed by atoms with Gasteiger partial charge in [-0.05, 0) is 18.2 Å². The number of hydrogen-bond acceptors (Lipinski definition) is 6. The molecule has 0 aliphatic carbocycles. The molecule has 6 nitrogen and oxygen atoms in total. The van der Waals surface area contributed by atoms with Crippen LogP contribution in [0.4, 0.5) is 11.4 Å². The van der Waals surface area contributed by atoms with E-state index in [1.165, 1.54) is 12.1 Å². The fraction of sp³-hybridized carbons (Fsp3) is 0.600. The molecule has 0 amide bonds. The fourth-order valence-corrected chi connectivity index (χ4v) is 4.87. The summed E-state index contributed by atoms with van der Waals surface area (Å²) < 4.78 is 5.47. The molecule has 0 bridgehead atoms. The van der Waals surface area contributed by atoms with Gasteiger partial charge in [0.05, 0.1) is 28.8 Å². The molecule has 2 saturated heterocycles. The number of nitrogens with zero attached hydrogens (tertiary/aromatic N) is 2. The van der Waals surface area contributed by atoms with Crippen molar-refractivity contribution in [3.05, 3.63) is 33.3 Å². The van der Waals surface area contributed by atoms with Gasteiger partial charge in [0, 0.05) is 43.1 Å². The first-order valence-electron chi connectivity index (χ1n) is 7.69. The van der Waals surface area contributed by atoms with E-state index in [0.29, 0.717) is 5.02 Å². The van der Waals surface area contributed by atoms with Crippen molar-refractivity contribution in [1.82, 2.24) is 4.90 Å². The molecule has 1 unspecified atom stereocenters. The highest BCUT2D eigenvalue weighted by atomic mass is 35.5. The minimum absolute atomic E-state index is 0.0138. The standard InChI is InChI=1S/C15H20ClN3O3S/c16-13-9-12(19(20)21)1-2-14(13)17-10-15(3-8-23-11-15)18-4-6-22-7-5-18/h1-2,9,17H,3-8,10-11H2. The zero-order valence-corrected chi connectivity index (χ0v) is 14.4. The van der Waals surface area contributed by atoms with Crippen LogP contribution < -0.4 is 5.32 Å². The lowest BCUT2D eigenvalue weighted by Gasteiger charge is -2.43. The molecule has 0 radical (unpaired) electrons. The lowest BCUT2D eigenvalue weighted by Crippen LogP contribution is -2.57. The summed E-state index contributed by atoms with van der Waals surface area (Å²) in [4.78, 5) is 12.9. The number of nitrogens with one attached hydrogen (secondary N) is 1. The van der Waals surface area contributed by atoms with Crippen LogP contribution in [0.15, 0.2) is 18.2 Å². The van der Waals surface area contributed by atoms with Crippen molar-refractivity contribution in [3.8, 4) is 0 Å². The molecule has 23 heavy (non-hydrogen) atoms. The van der Waals surface area contributed by atoms with Crippen LogP contribution in [0.5, 0.6) is 0 Å². The van der Waals surface area contributed by atoms with Gasteiger partial charge in [-0.2, -0.15) is 11.8 Å². The Balaban J connectivity index is 1.70. The average Bonchev–Trinajstić information content (AvgIpc) is 3.04. The Bertz CT molecular complexity index is 575. The lowest BCUT2D eigenvalue weighted by molar-refractivity contribution is -0.384. The highest BCUT2D eigenvalue weighted by Crippen LogP contribution is 2.35. The van der Waals surface area contributed by atoms with Gasteiger partial charge >= 0.3 is 0 Å². The van der Waals surface area contributed by atoms with E-state index in [1.807, 2.05) is 11.8 Å². The molecule has 2 aliphatic rings. The van der Waals surface area contributed by atoms with Crippen molar-refractivity contribution in [3.63, 3.8) is 0 Å². The summed E-state index contributed by atoms with van der Waals surface area (Å²) in [6.07, 6.45) is 1.13. The summed E-state index contributed by atoms with van der Waals surface area (Å²) in [5, 5.41) is 14.6. The van der Waals surface area contributed by atoms with Gasteiger partial charge in [-0.1, -0.05) is 11.6 Å². The largest absolute Gasteiger partial charge is 0.382 e. The first kappa shape index (κ1) is 16.8. The number of non-ortho nitro benzene ring substituents is 1. The summed E-state index contributed by atoms with van der Waals surface area (Å²) in [7, 11) is 0. The Labute approximate surface area is 144 Å². The Morgan fingerprint density at radius 1 is 1.43 bits per heavy atom. The zero-order valence-electron chi connectivity index (χ0n) is 12.8. The number of halogens is 1. The summed E-state index contributed by atoms with van der Waals surface area (Å²) in [6, 6.07) is 4.57. The molecule has 0 saturated carbocycles. The molecule has 8 heteroatoms. The maximum absolute atomic E-state index is 10.8. The van der Waals surface area contributed by atoms with Crippen LogP contribution in [0.2, 0.25) is 5.02 Å². The number of nitro benzene ring substituents is 1. The van der Waals surface area contributed by atoms with Crippen LogP contribution in [0.1, 0.15) is 6.42 Å². The maximum atomic E-state index is 10.8. The molecule has 1 aromatic carbocycles. The van der Waals surface area contributed by atoms with E-state index >= 15 is 0 Å². The van der Waals surface area contributed by atoms with Crippen LogP contribution in [0.3, 0.4) is 0 Å². The smallest absolute Gasteiger partial charge is 0.271 e.